The summed E-state index contributed by atoms with van der Waals surface area (Å²) >= 11 is 0. The van der Waals surface area contributed by atoms with Crippen molar-refractivity contribution in [3.8, 4) is 0 Å². The summed E-state index contributed by atoms with van der Waals surface area (Å²) in [5, 5.41) is 13.6. The Balaban J connectivity index is 1.71. The smallest absolute Gasteiger partial charge is 0.321 e. The van der Waals surface area contributed by atoms with Crippen LogP contribution in [0.4, 0.5) is 15.0 Å². The molecule has 2 heterocycles. The molecule has 2 N–H and O–H groups in total. The molecule has 0 radical (unpaired) electrons. The van der Waals surface area contributed by atoms with Crippen molar-refractivity contribution in [2.24, 2.45) is 0 Å². The second kappa shape index (κ2) is 7.98. The molecule has 1 atom stereocenters. The van der Waals surface area contributed by atoms with Crippen LogP contribution in [0.3, 0.4) is 0 Å². The maximum Gasteiger partial charge on any atom is 0.321 e. The molecule has 3 aromatic rings. The molecule has 2 amide bonds. The number of rotatable bonds is 6. The maximum absolute atomic E-state index is 13.4. The van der Waals surface area contributed by atoms with Gasteiger partial charge in [-0.15, -0.1) is 0 Å². The summed E-state index contributed by atoms with van der Waals surface area (Å²) < 4.78 is 20.1. The summed E-state index contributed by atoms with van der Waals surface area (Å²) in [7, 11) is 0. The summed E-state index contributed by atoms with van der Waals surface area (Å²) in [6, 6.07) is 5.45. The molecule has 0 aliphatic carbocycles. The number of aryl methyl sites for hydroxylation is 2. The average Bonchev–Trinajstić information content (AvgIpc) is 3.20. The predicted octanol–water partition coefficient (Wildman–Crippen LogP) is 3.34. The number of nitrogens with zero attached hydrogens (tertiary/aromatic N) is 4. The molecule has 27 heavy (non-hydrogen) atoms. The van der Waals surface area contributed by atoms with Gasteiger partial charge in [-0.05, 0) is 38.0 Å². The normalized spacial score (nSPS) is 12.0. The first kappa shape index (κ1) is 18.6. The Bertz CT molecular complexity index is 936. The van der Waals surface area contributed by atoms with Crippen molar-refractivity contribution in [3.63, 3.8) is 0 Å². The van der Waals surface area contributed by atoms with Crippen molar-refractivity contribution in [3.05, 3.63) is 59.1 Å². The van der Waals surface area contributed by atoms with Crippen molar-refractivity contribution in [2.45, 2.75) is 39.8 Å². The van der Waals surface area contributed by atoms with E-state index in [1.54, 1.807) is 29.9 Å². The van der Waals surface area contributed by atoms with Crippen LogP contribution in [0.5, 0.6) is 0 Å². The summed E-state index contributed by atoms with van der Waals surface area (Å²) in [6.45, 7) is 5.79. The number of anilines is 1. The summed E-state index contributed by atoms with van der Waals surface area (Å²) in [5.41, 5.74) is 1.54. The van der Waals surface area contributed by atoms with Gasteiger partial charge in [0.2, 0.25) is 5.89 Å². The second-order valence-electron chi connectivity index (χ2n) is 6.20. The van der Waals surface area contributed by atoms with Gasteiger partial charge in [0.05, 0.1) is 12.7 Å². The predicted molar refractivity (Wildman–Crippen MR) is 96.7 cm³/mol. The Kier molecular flexibility index (Phi) is 5.49. The quantitative estimate of drug-likeness (QED) is 0.691. The van der Waals surface area contributed by atoms with Crippen LogP contribution in [0.1, 0.15) is 42.2 Å². The Labute approximate surface area is 155 Å². The molecular weight excluding hydrogens is 351 g/mol. The number of hydrogen-bond acceptors (Lipinski definition) is 5. The number of carbonyl (C=O) groups excluding carboxylic acids is 1. The van der Waals surface area contributed by atoms with Gasteiger partial charge in [0.15, 0.2) is 5.82 Å². The molecule has 1 aromatic carbocycles. The van der Waals surface area contributed by atoms with Crippen LogP contribution in [0.25, 0.3) is 0 Å². The lowest BCUT2D eigenvalue weighted by atomic mass is 10.2. The van der Waals surface area contributed by atoms with E-state index in [-0.39, 0.29) is 5.82 Å². The molecule has 3 rings (SSSR count). The van der Waals surface area contributed by atoms with Gasteiger partial charge in [-0.2, -0.15) is 10.1 Å². The fourth-order valence-electron chi connectivity index (χ4n) is 2.66. The van der Waals surface area contributed by atoms with Crippen molar-refractivity contribution < 1.29 is 13.7 Å². The third kappa shape index (κ3) is 4.49. The zero-order chi connectivity index (χ0) is 19.4. The zero-order valence-corrected chi connectivity index (χ0v) is 15.4. The average molecular weight is 372 g/mol. The minimum Gasteiger partial charge on any atom is -0.337 e. The van der Waals surface area contributed by atoms with Crippen LogP contribution < -0.4 is 10.6 Å². The van der Waals surface area contributed by atoms with E-state index in [1.165, 1.54) is 12.1 Å². The Morgan fingerprint density at radius 2 is 2.19 bits per heavy atom. The van der Waals surface area contributed by atoms with Crippen LogP contribution in [0, 0.1) is 19.7 Å². The van der Waals surface area contributed by atoms with Crippen LogP contribution in [-0.2, 0) is 6.54 Å². The van der Waals surface area contributed by atoms with E-state index in [0.29, 0.717) is 30.5 Å². The molecule has 0 aliphatic rings. The first-order valence-corrected chi connectivity index (χ1v) is 8.60. The van der Waals surface area contributed by atoms with E-state index in [2.05, 4.69) is 25.9 Å². The topological polar surface area (TPSA) is 97.9 Å². The van der Waals surface area contributed by atoms with Crippen LogP contribution >= 0.6 is 0 Å². The number of nitrogens with one attached hydrogen (secondary N) is 2. The molecule has 0 spiro atoms. The van der Waals surface area contributed by atoms with Crippen LogP contribution in [-0.4, -0.2) is 26.0 Å². The molecule has 1 unspecified atom stereocenters. The first-order valence-electron chi connectivity index (χ1n) is 8.60. The number of hydrogen-bond donors (Lipinski definition) is 2. The third-order valence-electron chi connectivity index (χ3n) is 4.03. The number of urea groups is 1. The van der Waals surface area contributed by atoms with Crippen molar-refractivity contribution >= 4 is 11.8 Å². The number of amides is 2. The SMILES string of the molecule is CCC(NC(=O)Nc1c(C)cnn1Cc1cccc(F)c1)c1nc(C)no1. The summed E-state index contributed by atoms with van der Waals surface area (Å²) in [5.74, 6) is 1.09. The monoisotopic (exact) mass is 372 g/mol. The molecule has 0 aliphatic heterocycles. The highest BCUT2D eigenvalue weighted by atomic mass is 19.1. The highest BCUT2D eigenvalue weighted by molar-refractivity contribution is 5.89. The molecule has 142 valence electrons. The van der Waals surface area contributed by atoms with Crippen molar-refractivity contribution in [1.29, 1.82) is 0 Å². The molecular formula is C18H21FN6O2. The molecule has 9 heteroatoms. The van der Waals surface area contributed by atoms with E-state index < -0.39 is 12.1 Å². The molecule has 0 fully saturated rings. The van der Waals surface area contributed by atoms with Gasteiger partial charge in [-0.3, -0.25) is 5.32 Å². The molecule has 8 nitrogen and oxygen atoms in total. The minimum atomic E-state index is -0.415. The van der Waals surface area contributed by atoms with Gasteiger partial charge in [0.25, 0.3) is 0 Å². The van der Waals surface area contributed by atoms with E-state index in [9.17, 15) is 9.18 Å². The second-order valence-corrected chi connectivity index (χ2v) is 6.20. The van der Waals surface area contributed by atoms with E-state index in [4.69, 9.17) is 4.52 Å². The number of aromatic nitrogens is 4. The Hall–Kier alpha value is -3.23. The van der Waals surface area contributed by atoms with Gasteiger partial charge in [-0.25, -0.2) is 13.9 Å². The summed E-state index contributed by atoms with van der Waals surface area (Å²) in [6.07, 6.45) is 2.24. The Morgan fingerprint density at radius 3 is 2.85 bits per heavy atom. The van der Waals surface area contributed by atoms with Crippen LogP contribution in [0.15, 0.2) is 35.0 Å². The standard InChI is InChI=1S/C18H21FN6O2/c1-4-15(17-21-12(3)24-27-17)22-18(26)23-16-11(2)9-20-25(16)10-13-6-5-7-14(19)8-13/h5-9,15H,4,10H2,1-3H3,(H2,22,23,26). The minimum absolute atomic E-state index is 0.315. The fraction of sp³-hybridized carbons (Fsp3) is 0.333. The van der Waals surface area contributed by atoms with Crippen molar-refractivity contribution in [2.75, 3.05) is 5.32 Å². The Morgan fingerprint density at radius 1 is 1.37 bits per heavy atom. The highest BCUT2D eigenvalue weighted by Crippen LogP contribution is 2.18. The van der Waals surface area contributed by atoms with E-state index in [0.717, 1.165) is 11.1 Å². The first-order chi connectivity index (χ1) is 13.0. The number of benzene rings is 1. The molecule has 0 bridgehead atoms. The fourth-order valence-corrected chi connectivity index (χ4v) is 2.66. The summed E-state index contributed by atoms with van der Waals surface area (Å²) in [4.78, 5) is 16.6. The van der Waals surface area contributed by atoms with Crippen molar-refractivity contribution in [1.82, 2.24) is 25.2 Å². The van der Waals surface area contributed by atoms with Gasteiger partial charge >= 0.3 is 6.03 Å². The lowest BCUT2D eigenvalue weighted by Crippen LogP contribution is -2.33. The van der Waals surface area contributed by atoms with Gasteiger partial charge in [-0.1, -0.05) is 24.2 Å². The number of halogens is 1. The van der Waals surface area contributed by atoms with E-state index >= 15 is 0 Å². The molecule has 0 saturated carbocycles. The van der Waals surface area contributed by atoms with E-state index in [1.807, 2.05) is 13.8 Å². The molecule has 2 aromatic heterocycles. The highest BCUT2D eigenvalue weighted by Gasteiger charge is 2.20. The third-order valence-corrected chi connectivity index (χ3v) is 4.03. The zero-order valence-electron chi connectivity index (χ0n) is 15.4. The largest absolute Gasteiger partial charge is 0.337 e. The van der Waals surface area contributed by atoms with Gasteiger partial charge < -0.3 is 9.84 Å². The molecule has 0 saturated heterocycles. The lowest BCUT2D eigenvalue weighted by Gasteiger charge is -2.15. The number of carbonyl (C=O) groups is 1. The van der Waals surface area contributed by atoms with Gasteiger partial charge in [0.1, 0.15) is 17.7 Å². The maximum atomic E-state index is 13.4. The van der Waals surface area contributed by atoms with Gasteiger partial charge in [0, 0.05) is 5.56 Å². The van der Waals surface area contributed by atoms with Crippen LogP contribution in [0.2, 0.25) is 0 Å². The lowest BCUT2D eigenvalue weighted by molar-refractivity contribution is 0.243.